The van der Waals surface area contributed by atoms with Crippen molar-refractivity contribution in [3.63, 3.8) is 0 Å². The number of para-hydroxylation sites is 4. The molecule has 0 bridgehead atoms. The van der Waals surface area contributed by atoms with Crippen LogP contribution in [0.3, 0.4) is 0 Å². The molecule has 0 N–H and O–H groups in total. The van der Waals surface area contributed by atoms with Crippen molar-refractivity contribution < 1.29 is 32.7 Å². The average Bonchev–Trinajstić information content (AvgIpc) is 3.80. The van der Waals surface area contributed by atoms with Crippen LogP contribution in [0, 0.1) is 12.1 Å². The fraction of sp³-hybridized carbons (Fsp3) is 0. The largest absolute Gasteiger partial charge is 0.327 e. The Kier molecular flexibility index (Phi) is 8.90. The molecule has 265 valence electrons. The molecule has 11 aromatic rings. The number of nitrogens with zero attached hydrogens (tertiary/aromatic N) is 5. The molecule has 0 spiro atoms. The van der Waals surface area contributed by atoms with E-state index >= 15 is 0 Å². The van der Waals surface area contributed by atoms with Gasteiger partial charge < -0.3 is 4.57 Å². The van der Waals surface area contributed by atoms with Crippen LogP contribution >= 0.6 is 0 Å². The van der Waals surface area contributed by atoms with Crippen LogP contribution in [0.15, 0.2) is 188 Å². The molecule has 0 atom stereocenters. The van der Waals surface area contributed by atoms with Crippen molar-refractivity contribution in [2.45, 2.75) is 0 Å². The van der Waals surface area contributed by atoms with E-state index in [9.17, 15) is 0 Å². The van der Waals surface area contributed by atoms with Crippen molar-refractivity contribution in [3.05, 3.63) is 200 Å². The summed E-state index contributed by atoms with van der Waals surface area (Å²) in [4.78, 5) is 16.1. The van der Waals surface area contributed by atoms with Crippen LogP contribution in [0.25, 0.3) is 100 Å². The third kappa shape index (κ3) is 5.90. The zero-order valence-corrected chi connectivity index (χ0v) is 33.5. The van der Waals surface area contributed by atoms with Gasteiger partial charge in [0.15, 0.2) is 5.82 Å². The van der Waals surface area contributed by atoms with Crippen LogP contribution in [-0.2, 0) is 32.7 Å². The van der Waals surface area contributed by atoms with Gasteiger partial charge in [0.1, 0.15) is 5.82 Å². The van der Waals surface area contributed by atoms with Crippen LogP contribution in [0.2, 0.25) is 0 Å². The molecule has 0 saturated carbocycles. The van der Waals surface area contributed by atoms with Gasteiger partial charge in [-0.3, -0.25) is 4.57 Å². The molecule has 5 nitrogen and oxygen atoms in total. The number of rotatable bonds is 6. The van der Waals surface area contributed by atoms with Crippen LogP contribution in [-0.4, -0.2) is 24.1 Å². The minimum Gasteiger partial charge on any atom is -0.327 e. The van der Waals surface area contributed by atoms with Crippen LogP contribution < -0.4 is 0 Å². The molecular weight excluding hydrogens is 772 g/mol. The van der Waals surface area contributed by atoms with Crippen LogP contribution in [0.4, 0.5) is 0 Å². The van der Waals surface area contributed by atoms with Crippen molar-refractivity contribution >= 4 is 43.6 Å². The second kappa shape index (κ2) is 14.5. The number of hydrogen-bond donors (Lipinski definition) is 0. The Labute approximate surface area is 354 Å². The Hall–Kier alpha value is -6.53. The average molecular weight is 803 g/mol. The maximum Gasteiger partial charge on any atom is 0.238 e. The summed E-state index contributed by atoms with van der Waals surface area (Å²) >= 11 is 0. The normalized spacial score (nSPS) is 11.4. The van der Waals surface area contributed by atoms with Gasteiger partial charge in [-0.15, -0.1) is 6.07 Å². The third-order valence-corrected chi connectivity index (χ3v) is 10.6. The molecule has 11 rings (SSSR count). The Morgan fingerprint density at radius 1 is 0.404 bits per heavy atom. The minimum absolute atomic E-state index is 0. The molecule has 0 aliphatic rings. The van der Waals surface area contributed by atoms with Gasteiger partial charge in [-0.2, -0.15) is 41.4 Å². The number of hydrogen-bond acceptors (Lipinski definition) is 3. The summed E-state index contributed by atoms with van der Waals surface area (Å²) in [5.74, 6) is 1.67. The fourth-order valence-corrected chi connectivity index (χ4v) is 8.11. The molecule has 57 heavy (non-hydrogen) atoms. The summed E-state index contributed by atoms with van der Waals surface area (Å²) in [6.07, 6.45) is 0. The Balaban J connectivity index is 0.00000396. The Bertz CT molecular complexity index is 3140. The first-order chi connectivity index (χ1) is 27.8. The predicted octanol–water partition coefficient (Wildman–Crippen LogP) is 12.3. The second-order valence-corrected chi connectivity index (χ2v) is 13.9. The van der Waals surface area contributed by atoms with Crippen molar-refractivity contribution in [1.82, 2.24) is 24.1 Å². The number of aromatic nitrogens is 5. The summed E-state index contributed by atoms with van der Waals surface area (Å²) in [5, 5.41) is 4.59. The van der Waals surface area contributed by atoms with Gasteiger partial charge in [0.2, 0.25) is 5.95 Å². The molecule has 0 aliphatic heterocycles. The van der Waals surface area contributed by atoms with Gasteiger partial charge in [-0.1, -0.05) is 139 Å². The quantitative estimate of drug-likeness (QED) is 0.157. The molecule has 8 aromatic carbocycles. The molecule has 0 saturated heterocycles. The topological polar surface area (TPSA) is 48.5 Å². The summed E-state index contributed by atoms with van der Waals surface area (Å²) in [6, 6.07) is 72.4. The van der Waals surface area contributed by atoms with E-state index in [2.05, 4.69) is 173 Å². The fourth-order valence-electron chi connectivity index (χ4n) is 8.11. The first-order valence-electron chi connectivity index (χ1n) is 18.7. The maximum atomic E-state index is 5.49. The standard InChI is InChI=1S/C51H31N5.Y/c1-4-18-34(19-5-1)37-32-42(35-20-6-2-7-21-35)48(47(33-37)55-43-28-14-10-24-38(43)39-25-11-15-29-44(39)55)50-52-49(36-22-8-3-9-23-36)53-51(54-50)56-45-30-16-12-26-40(45)41-27-13-17-31-46(41)56;/h1-18,20-32H;/q-2;. The predicted molar refractivity (Wildman–Crippen MR) is 228 cm³/mol. The minimum atomic E-state index is 0. The molecule has 0 amide bonds. The molecular formula is C51H31N5Y-2. The van der Waals surface area contributed by atoms with Gasteiger partial charge in [0, 0.05) is 59.8 Å². The Morgan fingerprint density at radius 3 is 1.42 bits per heavy atom. The SMILES string of the molecule is [Y].[c-]1ccccc1-c1[c-]c(-n2c3ccccc3c3ccccc32)c(-c2nc(-c3ccccc3)nc(-n3c4ccccc4c4ccccc43)n2)c(-c2ccccc2)c1. The van der Waals surface area contributed by atoms with E-state index in [1.807, 2.05) is 36.4 Å². The van der Waals surface area contributed by atoms with E-state index in [0.717, 1.165) is 82.7 Å². The van der Waals surface area contributed by atoms with E-state index in [1.54, 1.807) is 0 Å². The van der Waals surface area contributed by atoms with E-state index in [1.165, 1.54) is 0 Å². The molecule has 0 unspecified atom stereocenters. The van der Waals surface area contributed by atoms with Crippen molar-refractivity contribution in [1.29, 1.82) is 0 Å². The smallest absolute Gasteiger partial charge is 0.238 e. The molecule has 1 radical (unpaired) electrons. The van der Waals surface area contributed by atoms with E-state index in [-0.39, 0.29) is 32.7 Å². The van der Waals surface area contributed by atoms with Crippen LogP contribution in [0.1, 0.15) is 0 Å². The summed E-state index contributed by atoms with van der Waals surface area (Å²) in [7, 11) is 0. The monoisotopic (exact) mass is 802 g/mol. The number of benzene rings is 8. The van der Waals surface area contributed by atoms with Gasteiger partial charge >= 0.3 is 0 Å². The summed E-state index contributed by atoms with van der Waals surface area (Å²) in [5.41, 5.74) is 10.7. The Morgan fingerprint density at radius 2 is 0.877 bits per heavy atom. The summed E-state index contributed by atoms with van der Waals surface area (Å²) in [6.45, 7) is 0. The zero-order valence-electron chi connectivity index (χ0n) is 30.7. The first kappa shape index (κ1) is 34.9. The van der Waals surface area contributed by atoms with Gasteiger partial charge in [-0.05, 0) is 41.1 Å². The van der Waals surface area contributed by atoms with Crippen molar-refractivity contribution in [2.75, 3.05) is 0 Å². The zero-order chi connectivity index (χ0) is 37.0. The first-order valence-corrected chi connectivity index (χ1v) is 18.7. The summed E-state index contributed by atoms with van der Waals surface area (Å²) < 4.78 is 4.49. The van der Waals surface area contributed by atoms with Gasteiger partial charge in [0.05, 0.1) is 22.1 Å². The van der Waals surface area contributed by atoms with Gasteiger partial charge in [0.25, 0.3) is 0 Å². The van der Waals surface area contributed by atoms with Gasteiger partial charge in [-0.25, -0.2) is 21.1 Å². The number of fused-ring (bicyclic) bond motifs is 6. The second-order valence-electron chi connectivity index (χ2n) is 13.9. The molecule has 0 aliphatic carbocycles. The van der Waals surface area contributed by atoms with Crippen molar-refractivity contribution in [2.24, 2.45) is 0 Å². The van der Waals surface area contributed by atoms with E-state index < -0.39 is 0 Å². The maximum absolute atomic E-state index is 5.49. The molecule has 6 heteroatoms. The molecule has 0 fully saturated rings. The van der Waals surface area contributed by atoms with E-state index in [4.69, 9.17) is 15.0 Å². The molecule has 3 heterocycles. The van der Waals surface area contributed by atoms with Crippen molar-refractivity contribution in [3.8, 4) is 56.7 Å². The van der Waals surface area contributed by atoms with E-state index in [0.29, 0.717) is 17.6 Å². The van der Waals surface area contributed by atoms with Crippen LogP contribution in [0.5, 0.6) is 0 Å². The molecule has 3 aromatic heterocycles. The third-order valence-electron chi connectivity index (χ3n) is 10.6.